The van der Waals surface area contributed by atoms with Gasteiger partial charge in [-0.1, -0.05) is 0 Å². The lowest BCUT2D eigenvalue weighted by Gasteiger charge is -2.16. The van der Waals surface area contributed by atoms with Gasteiger partial charge in [-0.05, 0) is 37.9 Å². The molecule has 1 saturated heterocycles. The van der Waals surface area contributed by atoms with E-state index in [-0.39, 0.29) is 17.9 Å². The minimum Gasteiger partial charge on any atom is -0.463 e. The molecule has 0 spiro atoms. The largest absolute Gasteiger partial charge is 0.463 e. The number of likely N-dealkylation sites (tertiary alicyclic amines) is 1. The molecule has 0 bridgehead atoms. The molecule has 0 saturated carbocycles. The van der Waals surface area contributed by atoms with Crippen molar-refractivity contribution >= 4 is 22.4 Å². The van der Waals surface area contributed by atoms with Gasteiger partial charge in [0.15, 0.2) is 10.9 Å². The number of aliphatic hydroxyl groups is 1. The van der Waals surface area contributed by atoms with Crippen LogP contribution in [0, 0.1) is 5.92 Å². The zero-order valence-electron chi connectivity index (χ0n) is 12.4. The van der Waals surface area contributed by atoms with Crippen LogP contribution in [0.15, 0.2) is 28.2 Å². The molecule has 0 aliphatic carbocycles. The summed E-state index contributed by atoms with van der Waals surface area (Å²) in [7, 11) is 0. The molecule has 2 aromatic heterocycles. The summed E-state index contributed by atoms with van der Waals surface area (Å²) < 4.78 is 5.28. The summed E-state index contributed by atoms with van der Waals surface area (Å²) in [6.07, 6.45) is 2.21. The van der Waals surface area contributed by atoms with Crippen LogP contribution in [0.4, 0.5) is 5.13 Å². The van der Waals surface area contributed by atoms with Gasteiger partial charge in [-0.3, -0.25) is 9.69 Å². The summed E-state index contributed by atoms with van der Waals surface area (Å²) in [6.45, 7) is 3.75. The average molecular weight is 321 g/mol. The number of rotatable bonds is 5. The minimum absolute atomic E-state index is 0.0772. The normalized spacial score (nSPS) is 20.2. The highest BCUT2D eigenvalue weighted by Crippen LogP contribution is 2.25. The first kappa shape index (κ1) is 15.2. The number of aliphatic hydroxyl groups excluding tert-OH is 1. The molecule has 6 nitrogen and oxygen atoms in total. The molecule has 3 rings (SSSR count). The summed E-state index contributed by atoms with van der Waals surface area (Å²) >= 11 is 1.38. The molecule has 0 radical (unpaired) electrons. The monoisotopic (exact) mass is 321 g/mol. The molecule has 22 heavy (non-hydrogen) atoms. The van der Waals surface area contributed by atoms with Crippen LogP contribution in [0.2, 0.25) is 0 Å². The van der Waals surface area contributed by atoms with Crippen LogP contribution < -0.4 is 5.32 Å². The first-order valence-corrected chi connectivity index (χ1v) is 8.19. The SMILES string of the molecule is CC(O)C1CCN(CC(=O)Nc2nc(-c3ccco3)cs2)C1. The highest BCUT2D eigenvalue weighted by atomic mass is 32.1. The summed E-state index contributed by atoms with van der Waals surface area (Å²) in [5, 5.41) is 14.8. The van der Waals surface area contributed by atoms with Gasteiger partial charge in [0, 0.05) is 11.9 Å². The first-order chi connectivity index (χ1) is 10.6. The number of nitrogens with zero attached hydrogens (tertiary/aromatic N) is 2. The molecule has 1 amide bonds. The zero-order valence-corrected chi connectivity index (χ0v) is 13.2. The Morgan fingerprint density at radius 2 is 2.55 bits per heavy atom. The lowest BCUT2D eigenvalue weighted by atomic mass is 10.0. The van der Waals surface area contributed by atoms with Crippen molar-refractivity contribution < 1.29 is 14.3 Å². The van der Waals surface area contributed by atoms with E-state index >= 15 is 0 Å². The van der Waals surface area contributed by atoms with Crippen molar-refractivity contribution in [2.24, 2.45) is 5.92 Å². The van der Waals surface area contributed by atoms with Crippen molar-refractivity contribution in [2.45, 2.75) is 19.4 Å². The average Bonchev–Trinajstić information content (AvgIpc) is 3.18. The highest BCUT2D eigenvalue weighted by molar-refractivity contribution is 7.14. The van der Waals surface area contributed by atoms with Gasteiger partial charge in [0.1, 0.15) is 5.69 Å². The number of carbonyl (C=O) groups is 1. The van der Waals surface area contributed by atoms with Crippen LogP contribution in [0.1, 0.15) is 13.3 Å². The van der Waals surface area contributed by atoms with Crippen LogP contribution in [-0.2, 0) is 4.79 Å². The lowest BCUT2D eigenvalue weighted by molar-refractivity contribution is -0.117. The highest BCUT2D eigenvalue weighted by Gasteiger charge is 2.27. The summed E-state index contributed by atoms with van der Waals surface area (Å²) in [5.41, 5.74) is 0.723. The van der Waals surface area contributed by atoms with Gasteiger partial charge in [0.2, 0.25) is 5.91 Å². The van der Waals surface area contributed by atoms with Crippen LogP contribution >= 0.6 is 11.3 Å². The fourth-order valence-electron chi connectivity index (χ4n) is 2.63. The van der Waals surface area contributed by atoms with E-state index in [1.54, 1.807) is 19.3 Å². The van der Waals surface area contributed by atoms with Crippen molar-refractivity contribution in [3.05, 3.63) is 23.8 Å². The van der Waals surface area contributed by atoms with Gasteiger partial charge in [-0.15, -0.1) is 11.3 Å². The third-order valence-corrected chi connectivity index (χ3v) is 4.64. The number of amides is 1. The van der Waals surface area contributed by atoms with Gasteiger partial charge < -0.3 is 14.8 Å². The number of nitrogens with one attached hydrogen (secondary N) is 1. The molecule has 0 aromatic carbocycles. The molecule has 118 valence electrons. The fraction of sp³-hybridized carbons (Fsp3) is 0.467. The molecule has 2 N–H and O–H groups in total. The first-order valence-electron chi connectivity index (χ1n) is 7.31. The maximum absolute atomic E-state index is 12.1. The van der Waals surface area contributed by atoms with Gasteiger partial charge >= 0.3 is 0 Å². The Kier molecular flexibility index (Phi) is 4.56. The molecule has 1 fully saturated rings. The van der Waals surface area contributed by atoms with E-state index in [4.69, 9.17) is 4.42 Å². The number of thiazole rings is 1. The summed E-state index contributed by atoms with van der Waals surface area (Å²) in [4.78, 5) is 18.5. The van der Waals surface area contributed by atoms with E-state index in [9.17, 15) is 9.90 Å². The maximum Gasteiger partial charge on any atom is 0.240 e. The number of aromatic nitrogens is 1. The van der Waals surface area contributed by atoms with E-state index < -0.39 is 0 Å². The Balaban J connectivity index is 1.52. The Morgan fingerprint density at radius 1 is 1.68 bits per heavy atom. The number of furan rings is 1. The van der Waals surface area contributed by atoms with E-state index in [1.165, 1.54) is 11.3 Å². The van der Waals surface area contributed by atoms with E-state index in [0.717, 1.165) is 25.2 Å². The predicted molar refractivity (Wildman–Crippen MR) is 84.7 cm³/mol. The molecule has 2 aromatic rings. The Labute approximate surface area is 132 Å². The van der Waals surface area contributed by atoms with Crippen LogP contribution in [0.25, 0.3) is 11.5 Å². The molecule has 7 heteroatoms. The number of hydrogen-bond acceptors (Lipinski definition) is 6. The molecule has 1 aliphatic heterocycles. The van der Waals surface area contributed by atoms with Gasteiger partial charge in [0.25, 0.3) is 0 Å². The van der Waals surface area contributed by atoms with Crippen molar-refractivity contribution in [2.75, 3.05) is 25.0 Å². The molecule has 1 aliphatic rings. The number of carbonyl (C=O) groups excluding carboxylic acids is 1. The van der Waals surface area contributed by atoms with Crippen molar-refractivity contribution in [3.8, 4) is 11.5 Å². The predicted octanol–water partition coefficient (Wildman–Crippen LogP) is 2.04. The third kappa shape index (κ3) is 3.55. The number of hydrogen-bond donors (Lipinski definition) is 2. The molecule has 2 atom stereocenters. The Morgan fingerprint density at radius 3 is 3.23 bits per heavy atom. The van der Waals surface area contributed by atoms with Crippen LogP contribution in [-0.4, -0.2) is 46.6 Å². The van der Waals surface area contributed by atoms with E-state index in [2.05, 4.69) is 15.2 Å². The van der Waals surface area contributed by atoms with E-state index in [1.807, 2.05) is 11.4 Å². The standard InChI is InChI=1S/C15H19N3O3S/c1-10(19)11-4-5-18(7-11)8-14(20)17-15-16-12(9-22-15)13-3-2-6-21-13/h2-3,6,9-11,19H,4-5,7-8H2,1H3,(H,16,17,20). The van der Waals surface area contributed by atoms with Crippen LogP contribution in [0.3, 0.4) is 0 Å². The summed E-state index contributed by atoms with van der Waals surface area (Å²) in [5.74, 6) is 0.876. The van der Waals surface area contributed by atoms with Crippen LogP contribution in [0.5, 0.6) is 0 Å². The zero-order chi connectivity index (χ0) is 15.5. The molecular formula is C15H19N3O3S. The van der Waals surface area contributed by atoms with Gasteiger partial charge in [-0.25, -0.2) is 4.98 Å². The minimum atomic E-state index is -0.317. The Bertz CT molecular complexity index is 624. The third-order valence-electron chi connectivity index (χ3n) is 3.88. The van der Waals surface area contributed by atoms with Gasteiger partial charge in [0.05, 0.1) is 18.9 Å². The molecule has 2 unspecified atom stereocenters. The Hall–Kier alpha value is -1.70. The molecular weight excluding hydrogens is 302 g/mol. The second-order valence-electron chi connectivity index (χ2n) is 5.59. The molecule has 3 heterocycles. The fourth-order valence-corrected chi connectivity index (χ4v) is 3.35. The van der Waals surface area contributed by atoms with Gasteiger partial charge in [-0.2, -0.15) is 0 Å². The maximum atomic E-state index is 12.1. The summed E-state index contributed by atoms with van der Waals surface area (Å²) in [6, 6.07) is 3.64. The smallest absolute Gasteiger partial charge is 0.240 e. The lowest BCUT2D eigenvalue weighted by Crippen LogP contribution is -2.32. The second-order valence-corrected chi connectivity index (χ2v) is 6.45. The van der Waals surface area contributed by atoms with Crippen molar-refractivity contribution in [1.29, 1.82) is 0 Å². The topological polar surface area (TPSA) is 78.6 Å². The quantitative estimate of drug-likeness (QED) is 0.881. The number of anilines is 1. The second kappa shape index (κ2) is 6.60. The van der Waals surface area contributed by atoms with Crippen molar-refractivity contribution in [1.82, 2.24) is 9.88 Å². The van der Waals surface area contributed by atoms with E-state index in [0.29, 0.717) is 17.4 Å². The van der Waals surface area contributed by atoms with Crippen molar-refractivity contribution in [3.63, 3.8) is 0 Å².